The minimum Gasteiger partial charge on any atom is -0.332 e. The number of amides is 1. The Labute approximate surface area is 146 Å². The molecule has 1 aliphatic rings. The Morgan fingerprint density at radius 2 is 1.84 bits per heavy atom. The highest BCUT2D eigenvalue weighted by Gasteiger charge is 2.24. The first kappa shape index (κ1) is 15.6. The van der Waals surface area contributed by atoms with Crippen molar-refractivity contribution in [3.8, 4) is 11.1 Å². The number of hydrogen-bond donors (Lipinski definition) is 0. The molecule has 2 aromatic carbocycles. The Hall–Kier alpha value is -2.95. The van der Waals surface area contributed by atoms with E-state index in [0.717, 1.165) is 0 Å². The number of hydrogen-bond acceptors (Lipinski definition) is 3. The Morgan fingerprint density at radius 3 is 2.60 bits per heavy atom. The molecule has 25 heavy (non-hydrogen) atoms. The highest BCUT2D eigenvalue weighted by atomic mass is 16.2. The van der Waals surface area contributed by atoms with Gasteiger partial charge in [-0.15, -0.1) is 0 Å². The number of rotatable bonds is 3. The standard InChI is InChI=1S/C20H20N4O/c1-14-4-3-5-16(8-14)17-6-7-18-10-23(11-19(18)9-17)20(25)12-24-13-21-15(2)22-24/h3-9,13H,10-12H2,1-2H3. The second kappa shape index (κ2) is 6.16. The summed E-state index contributed by atoms with van der Waals surface area (Å²) in [6.07, 6.45) is 1.60. The molecule has 5 nitrogen and oxygen atoms in total. The highest BCUT2D eigenvalue weighted by molar-refractivity contribution is 5.77. The molecule has 0 N–H and O–H groups in total. The van der Waals surface area contributed by atoms with E-state index in [4.69, 9.17) is 0 Å². The summed E-state index contributed by atoms with van der Waals surface area (Å²) in [5.74, 6) is 0.749. The van der Waals surface area contributed by atoms with Crippen LogP contribution in [0.5, 0.6) is 0 Å². The lowest BCUT2D eigenvalue weighted by Crippen LogP contribution is -2.29. The Morgan fingerprint density at radius 1 is 1.04 bits per heavy atom. The maximum Gasteiger partial charge on any atom is 0.244 e. The molecule has 5 heteroatoms. The summed E-state index contributed by atoms with van der Waals surface area (Å²) in [6, 6.07) is 15.0. The van der Waals surface area contributed by atoms with Gasteiger partial charge in [-0.05, 0) is 42.2 Å². The molecule has 1 amide bonds. The molecule has 2 heterocycles. The highest BCUT2D eigenvalue weighted by Crippen LogP contribution is 2.29. The van der Waals surface area contributed by atoms with E-state index in [1.165, 1.54) is 27.8 Å². The summed E-state index contributed by atoms with van der Waals surface area (Å²) in [6.45, 7) is 5.47. The molecular formula is C20H20N4O. The van der Waals surface area contributed by atoms with Crippen molar-refractivity contribution in [2.24, 2.45) is 0 Å². The van der Waals surface area contributed by atoms with Gasteiger partial charge in [-0.25, -0.2) is 9.67 Å². The van der Waals surface area contributed by atoms with Crippen molar-refractivity contribution in [1.82, 2.24) is 19.7 Å². The van der Waals surface area contributed by atoms with Gasteiger partial charge in [0.15, 0.2) is 0 Å². The predicted molar refractivity (Wildman–Crippen MR) is 95.6 cm³/mol. The zero-order valence-electron chi connectivity index (χ0n) is 14.4. The lowest BCUT2D eigenvalue weighted by atomic mass is 9.99. The Kier molecular flexibility index (Phi) is 3.84. The third-order valence-electron chi connectivity index (χ3n) is 4.58. The maximum atomic E-state index is 12.5. The summed E-state index contributed by atoms with van der Waals surface area (Å²) in [7, 11) is 0. The molecule has 0 saturated carbocycles. The molecule has 4 rings (SSSR count). The van der Waals surface area contributed by atoms with Gasteiger partial charge in [0.25, 0.3) is 0 Å². The predicted octanol–water partition coefficient (Wildman–Crippen LogP) is 3.10. The van der Waals surface area contributed by atoms with E-state index in [-0.39, 0.29) is 12.5 Å². The fourth-order valence-electron chi connectivity index (χ4n) is 3.28. The summed E-state index contributed by atoms with van der Waals surface area (Å²) >= 11 is 0. The van der Waals surface area contributed by atoms with Crippen LogP contribution in [0.3, 0.4) is 0 Å². The summed E-state index contributed by atoms with van der Waals surface area (Å²) in [4.78, 5) is 18.5. The van der Waals surface area contributed by atoms with Gasteiger partial charge in [0.2, 0.25) is 5.91 Å². The van der Waals surface area contributed by atoms with Crippen LogP contribution in [0.2, 0.25) is 0 Å². The fourth-order valence-corrected chi connectivity index (χ4v) is 3.28. The molecule has 0 bridgehead atoms. The van der Waals surface area contributed by atoms with Crippen molar-refractivity contribution in [3.63, 3.8) is 0 Å². The van der Waals surface area contributed by atoms with E-state index < -0.39 is 0 Å². The Bertz CT molecular complexity index is 944. The van der Waals surface area contributed by atoms with Crippen LogP contribution in [-0.2, 0) is 24.4 Å². The number of fused-ring (bicyclic) bond motifs is 1. The van der Waals surface area contributed by atoms with Gasteiger partial charge in [0.1, 0.15) is 18.7 Å². The molecule has 126 valence electrons. The summed E-state index contributed by atoms with van der Waals surface area (Å²) in [5, 5.41) is 4.19. The SMILES string of the molecule is Cc1cccc(-c2ccc3c(c2)CN(C(=O)Cn2cnc(C)n2)C3)c1. The summed E-state index contributed by atoms with van der Waals surface area (Å²) in [5.41, 5.74) is 6.11. The molecule has 0 atom stereocenters. The number of carbonyl (C=O) groups excluding carboxylic acids is 1. The third-order valence-corrected chi connectivity index (χ3v) is 4.58. The van der Waals surface area contributed by atoms with Crippen molar-refractivity contribution >= 4 is 5.91 Å². The van der Waals surface area contributed by atoms with Gasteiger partial charge < -0.3 is 4.90 Å². The van der Waals surface area contributed by atoms with Gasteiger partial charge in [-0.2, -0.15) is 5.10 Å². The van der Waals surface area contributed by atoms with Gasteiger partial charge in [0, 0.05) is 13.1 Å². The van der Waals surface area contributed by atoms with Crippen LogP contribution in [0, 0.1) is 13.8 Å². The smallest absolute Gasteiger partial charge is 0.244 e. The molecule has 3 aromatic rings. The van der Waals surface area contributed by atoms with Crippen molar-refractivity contribution in [3.05, 3.63) is 71.3 Å². The molecule has 0 fully saturated rings. The largest absolute Gasteiger partial charge is 0.332 e. The third kappa shape index (κ3) is 3.18. The normalized spacial score (nSPS) is 13.1. The van der Waals surface area contributed by atoms with Gasteiger partial charge in [0.05, 0.1) is 0 Å². The van der Waals surface area contributed by atoms with Crippen LogP contribution in [0.1, 0.15) is 22.5 Å². The van der Waals surface area contributed by atoms with Crippen molar-refractivity contribution in [1.29, 1.82) is 0 Å². The van der Waals surface area contributed by atoms with Gasteiger partial charge in [-0.3, -0.25) is 4.79 Å². The fraction of sp³-hybridized carbons (Fsp3) is 0.250. The monoisotopic (exact) mass is 332 g/mol. The van der Waals surface area contributed by atoms with Crippen molar-refractivity contribution in [2.75, 3.05) is 0 Å². The molecule has 1 aliphatic heterocycles. The minimum absolute atomic E-state index is 0.0678. The Balaban J connectivity index is 1.51. The number of aromatic nitrogens is 3. The van der Waals surface area contributed by atoms with Crippen LogP contribution in [-0.4, -0.2) is 25.6 Å². The first-order chi connectivity index (χ1) is 12.1. The van der Waals surface area contributed by atoms with Crippen molar-refractivity contribution in [2.45, 2.75) is 33.5 Å². The quantitative estimate of drug-likeness (QED) is 0.740. The van der Waals surface area contributed by atoms with E-state index in [2.05, 4.69) is 59.5 Å². The van der Waals surface area contributed by atoms with Crippen LogP contribution < -0.4 is 0 Å². The van der Waals surface area contributed by atoms with Crippen molar-refractivity contribution < 1.29 is 4.79 Å². The van der Waals surface area contributed by atoms with E-state index >= 15 is 0 Å². The number of aryl methyl sites for hydroxylation is 2. The first-order valence-electron chi connectivity index (χ1n) is 8.41. The number of carbonyl (C=O) groups is 1. The zero-order valence-corrected chi connectivity index (χ0v) is 14.4. The molecule has 0 spiro atoms. The summed E-state index contributed by atoms with van der Waals surface area (Å²) < 4.78 is 1.60. The van der Waals surface area contributed by atoms with E-state index in [1.807, 2.05) is 11.8 Å². The van der Waals surface area contributed by atoms with Crippen LogP contribution in [0.15, 0.2) is 48.8 Å². The molecule has 1 aromatic heterocycles. The second-order valence-electron chi connectivity index (χ2n) is 6.59. The molecule has 0 radical (unpaired) electrons. The molecule has 0 unspecified atom stereocenters. The molecule has 0 saturated heterocycles. The second-order valence-corrected chi connectivity index (χ2v) is 6.59. The molecular weight excluding hydrogens is 312 g/mol. The molecule has 0 aliphatic carbocycles. The van der Waals surface area contributed by atoms with E-state index in [0.29, 0.717) is 18.9 Å². The van der Waals surface area contributed by atoms with E-state index in [9.17, 15) is 4.79 Å². The zero-order chi connectivity index (χ0) is 17.4. The van der Waals surface area contributed by atoms with Crippen LogP contribution in [0.4, 0.5) is 0 Å². The lowest BCUT2D eigenvalue weighted by molar-refractivity contribution is -0.132. The van der Waals surface area contributed by atoms with Crippen LogP contribution in [0.25, 0.3) is 11.1 Å². The minimum atomic E-state index is 0.0678. The lowest BCUT2D eigenvalue weighted by Gasteiger charge is -2.14. The number of nitrogens with zero attached hydrogens (tertiary/aromatic N) is 4. The first-order valence-corrected chi connectivity index (χ1v) is 8.41. The topological polar surface area (TPSA) is 51.0 Å². The van der Waals surface area contributed by atoms with Crippen LogP contribution >= 0.6 is 0 Å². The maximum absolute atomic E-state index is 12.5. The van der Waals surface area contributed by atoms with E-state index in [1.54, 1.807) is 11.0 Å². The average Bonchev–Trinajstić information content (AvgIpc) is 3.20. The average molecular weight is 332 g/mol. The van der Waals surface area contributed by atoms with Gasteiger partial charge >= 0.3 is 0 Å². The van der Waals surface area contributed by atoms with Gasteiger partial charge in [-0.1, -0.05) is 42.0 Å². The number of benzene rings is 2.